The van der Waals surface area contributed by atoms with Crippen molar-refractivity contribution in [3.8, 4) is 0 Å². The van der Waals surface area contributed by atoms with Gasteiger partial charge in [0.2, 0.25) is 0 Å². The Morgan fingerprint density at radius 2 is 0.633 bits per heavy atom. The lowest BCUT2D eigenvalue weighted by Gasteiger charge is -2.58. The Balaban J connectivity index is 6.58. The van der Waals surface area contributed by atoms with Crippen molar-refractivity contribution in [2.75, 3.05) is 13.1 Å². The Kier molecular flexibility index (Phi) is 9.81. The molecule has 0 aliphatic rings. The second kappa shape index (κ2) is 9.57. The predicted molar refractivity (Wildman–Crippen MR) is 146 cm³/mol. The van der Waals surface area contributed by atoms with E-state index in [4.69, 9.17) is 0 Å². The van der Waals surface area contributed by atoms with Gasteiger partial charge in [-0.15, -0.1) is 0 Å². The van der Waals surface area contributed by atoms with Gasteiger partial charge in [0, 0.05) is 24.2 Å². The lowest BCUT2D eigenvalue weighted by atomic mass is 9.96. The fourth-order valence-corrected chi connectivity index (χ4v) is 16.9. The standard InChI is InChI=1S/C26H58N2P2/c1-21(2,3)27(22(4,5)6)19-20-28(29(23(7,8)9)24(10,11)12)30(25(13,14)15)26(16,17)18/h19-20H2,1-18H3. The molecular formula is C26H58N2P2. The maximum absolute atomic E-state index is 3.04. The second-order valence-corrected chi connectivity index (χ2v) is 22.8. The molecule has 0 N–H and O–H groups in total. The van der Waals surface area contributed by atoms with Crippen LogP contribution in [0.3, 0.4) is 0 Å². The van der Waals surface area contributed by atoms with Crippen LogP contribution < -0.4 is 0 Å². The molecule has 0 unspecified atom stereocenters. The van der Waals surface area contributed by atoms with Gasteiger partial charge in [-0.05, 0) is 78.3 Å². The molecular weight excluding hydrogens is 402 g/mol. The van der Waals surface area contributed by atoms with Gasteiger partial charge in [0.05, 0.1) is 0 Å². The summed E-state index contributed by atoms with van der Waals surface area (Å²) in [5.74, 6) is 0. The van der Waals surface area contributed by atoms with Crippen molar-refractivity contribution in [3.63, 3.8) is 0 Å². The summed E-state index contributed by atoms with van der Waals surface area (Å²) in [7, 11) is -0.682. The van der Waals surface area contributed by atoms with Crippen molar-refractivity contribution in [2.45, 2.75) is 156 Å². The minimum absolute atomic E-state index is 0.155. The highest BCUT2D eigenvalue weighted by molar-refractivity contribution is 7.73. The summed E-state index contributed by atoms with van der Waals surface area (Å²) in [6, 6.07) is 0. The number of nitrogens with zero attached hydrogens (tertiary/aromatic N) is 2. The minimum atomic E-state index is -0.341. The molecule has 2 nitrogen and oxygen atoms in total. The first-order valence-corrected chi connectivity index (χ1v) is 14.5. The van der Waals surface area contributed by atoms with Gasteiger partial charge in [0.15, 0.2) is 0 Å². The number of hydrogen-bond acceptors (Lipinski definition) is 2. The normalized spacial score (nSPS) is 15.8. The summed E-state index contributed by atoms with van der Waals surface area (Å²) in [6.07, 6.45) is 0. The number of rotatable bonds is 5. The molecule has 0 aromatic heterocycles. The highest BCUT2D eigenvalue weighted by atomic mass is 31.2. The topological polar surface area (TPSA) is 6.48 Å². The second-order valence-electron chi connectivity index (χ2n) is 14.9. The predicted octanol–water partition coefficient (Wildman–Crippen LogP) is 9.18. The lowest BCUT2D eigenvalue weighted by Crippen LogP contribution is -2.55. The maximum atomic E-state index is 3.04. The molecule has 0 heterocycles. The first-order valence-electron chi connectivity index (χ1n) is 11.9. The van der Waals surface area contributed by atoms with Crippen molar-refractivity contribution in [2.24, 2.45) is 0 Å². The quantitative estimate of drug-likeness (QED) is 0.377. The van der Waals surface area contributed by atoms with Crippen LogP contribution in [0.2, 0.25) is 0 Å². The van der Waals surface area contributed by atoms with Crippen LogP contribution in [0.4, 0.5) is 0 Å². The summed E-state index contributed by atoms with van der Waals surface area (Å²) in [6.45, 7) is 46.2. The van der Waals surface area contributed by atoms with E-state index in [1.54, 1.807) is 0 Å². The average Bonchev–Trinajstić information content (AvgIpc) is 2.26. The molecule has 30 heavy (non-hydrogen) atoms. The van der Waals surface area contributed by atoms with Gasteiger partial charge < -0.3 is 0 Å². The summed E-state index contributed by atoms with van der Waals surface area (Å²) in [4.78, 5) is 2.71. The molecule has 0 fully saturated rings. The van der Waals surface area contributed by atoms with Crippen molar-refractivity contribution >= 4 is 16.1 Å². The summed E-state index contributed by atoms with van der Waals surface area (Å²) in [5, 5.41) is 1.11. The van der Waals surface area contributed by atoms with E-state index in [0.717, 1.165) is 13.1 Å². The summed E-state index contributed by atoms with van der Waals surface area (Å²) in [5.41, 5.74) is 0.310. The van der Waals surface area contributed by atoms with Crippen LogP contribution in [0.15, 0.2) is 0 Å². The van der Waals surface area contributed by atoms with E-state index in [2.05, 4.69) is 134 Å². The van der Waals surface area contributed by atoms with Crippen LogP contribution in [0.25, 0.3) is 0 Å². The smallest absolute Gasteiger partial charge is 0.0191 e. The first kappa shape index (κ1) is 30.8. The molecule has 0 radical (unpaired) electrons. The van der Waals surface area contributed by atoms with Gasteiger partial charge in [-0.1, -0.05) is 83.1 Å². The molecule has 182 valence electrons. The molecule has 0 aliphatic carbocycles. The van der Waals surface area contributed by atoms with Crippen LogP contribution in [0.5, 0.6) is 0 Å². The van der Waals surface area contributed by atoms with Crippen LogP contribution in [-0.2, 0) is 0 Å². The van der Waals surface area contributed by atoms with Crippen LogP contribution in [0.1, 0.15) is 125 Å². The van der Waals surface area contributed by atoms with Gasteiger partial charge in [-0.3, -0.25) is 9.34 Å². The maximum Gasteiger partial charge on any atom is 0.0191 e. The van der Waals surface area contributed by atoms with Crippen molar-refractivity contribution < 1.29 is 0 Å². The Hall–Kier alpha value is 0.780. The fourth-order valence-electron chi connectivity index (χ4n) is 5.55. The van der Waals surface area contributed by atoms with E-state index in [1.807, 2.05) is 0 Å². The Bertz CT molecular complexity index is 454. The summed E-state index contributed by atoms with van der Waals surface area (Å²) >= 11 is 0. The highest BCUT2D eigenvalue weighted by Crippen LogP contribution is 2.75. The molecule has 0 bridgehead atoms. The van der Waals surface area contributed by atoms with Crippen molar-refractivity contribution in [1.82, 2.24) is 9.34 Å². The van der Waals surface area contributed by atoms with Gasteiger partial charge in [0.1, 0.15) is 0 Å². The third-order valence-corrected chi connectivity index (χ3v) is 12.6. The highest BCUT2D eigenvalue weighted by Gasteiger charge is 2.48. The van der Waals surface area contributed by atoms with Gasteiger partial charge in [-0.25, -0.2) is 0 Å². The molecule has 4 heteroatoms. The van der Waals surface area contributed by atoms with Crippen LogP contribution >= 0.6 is 16.1 Å². The van der Waals surface area contributed by atoms with Crippen LogP contribution in [0, 0.1) is 0 Å². The first-order chi connectivity index (χ1) is 12.7. The minimum Gasteiger partial charge on any atom is -0.292 e. The van der Waals surface area contributed by atoms with Crippen molar-refractivity contribution in [1.29, 1.82) is 0 Å². The van der Waals surface area contributed by atoms with E-state index in [-0.39, 0.29) is 47.8 Å². The molecule has 0 rings (SSSR count). The van der Waals surface area contributed by atoms with Gasteiger partial charge in [-0.2, -0.15) is 0 Å². The fraction of sp³-hybridized carbons (Fsp3) is 1.00. The molecule has 0 aromatic rings. The lowest BCUT2D eigenvalue weighted by molar-refractivity contribution is 0.0380. The Morgan fingerprint density at radius 3 is 0.800 bits per heavy atom. The van der Waals surface area contributed by atoms with E-state index in [9.17, 15) is 0 Å². The van der Waals surface area contributed by atoms with Crippen molar-refractivity contribution in [3.05, 3.63) is 0 Å². The Labute approximate surface area is 194 Å². The molecule has 0 saturated heterocycles. The zero-order chi connectivity index (χ0) is 24.7. The molecule has 0 saturated carbocycles. The third kappa shape index (κ3) is 8.96. The summed E-state index contributed by atoms with van der Waals surface area (Å²) < 4.78 is 3.04. The molecule has 0 atom stereocenters. The molecule has 0 spiro atoms. The molecule has 0 aromatic carbocycles. The van der Waals surface area contributed by atoms with Gasteiger partial charge >= 0.3 is 0 Å². The van der Waals surface area contributed by atoms with E-state index in [0.29, 0.717) is 0 Å². The van der Waals surface area contributed by atoms with E-state index < -0.39 is 0 Å². The Morgan fingerprint density at radius 1 is 0.400 bits per heavy atom. The average molecular weight is 461 g/mol. The monoisotopic (exact) mass is 460 g/mol. The zero-order valence-electron chi connectivity index (χ0n) is 24.2. The third-order valence-electron chi connectivity index (χ3n) is 5.15. The van der Waals surface area contributed by atoms with Crippen LogP contribution in [-0.4, -0.2) is 54.1 Å². The molecule has 0 amide bonds. The van der Waals surface area contributed by atoms with E-state index >= 15 is 0 Å². The SMILES string of the molecule is CC(C)(C)N(CCN(P(C(C)(C)C)C(C)(C)C)P(C(C)(C)C)C(C)(C)C)C(C)(C)C. The largest absolute Gasteiger partial charge is 0.292 e. The van der Waals surface area contributed by atoms with Gasteiger partial charge in [0.25, 0.3) is 0 Å². The zero-order valence-corrected chi connectivity index (χ0v) is 26.0. The van der Waals surface area contributed by atoms with E-state index in [1.165, 1.54) is 0 Å². The number of hydrogen-bond donors (Lipinski definition) is 0. The molecule has 0 aliphatic heterocycles.